The topological polar surface area (TPSA) is 3.24 Å². The summed E-state index contributed by atoms with van der Waals surface area (Å²) in [5.74, 6) is 0. The second kappa shape index (κ2) is 16.2. The third-order valence-corrected chi connectivity index (χ3v) is 21.6. The van der Waals surface area contributed by atoms with Crippen molar-refractivity contribution < 1.29 is 0 Å². The standard InChI is InChI=1S/C70H51NSi/c1-69(50-22-5-3-6-23-50)63-34-14-11-31-59(63)60-44-43-54(47-66(60)69)71(53-25-20-24-51(46-53)70(2)64-35-15-9-29-57(64)58-30-10-16-36-65(58)70)52-41-39-48(40-42-52)49-21-19-28-56(45-49)72(55-26-7-4-8-27-55)67-37-17-12-32-61(67)62-33-13-18-38-68(62)72/h3-47H,1-2H3. The quantitative estimate of drug-likeness (QED) is 0.137. The fraction of sp³-hybridized carbons (Fsp3) is 0.0571. The predicted octanol–water partition coefficient (Wildman–Crippen LogP) is 14.9. The molecule has 2 heteroatoms. The Kier molecular flexibility index (Phi) is 9.55. The zero-order chi connectivity index (χ0) is 48.0. The molecule has 1 heterocycles. The lowest BCUT2D eigenvalue weighted by Crippen LogP contribution is -2.72. The third kappa shape index (κ3) is 6.00. The van der Waals surface area contributed by atoms with Gasteiger partial charge in [-0.15, -0.1) is 0 Å². The van der Waals surface area contributed by atoms with E-state index in [1.165, 1.54) is 98.6 Å². The molecule has 11 aromatic carbocycles. The number of rotatable bonds is 8. The lowest BCUT2D eigenvalue weighted by molar-refractivity contribution is 0.713. The Morgan fingerprint density at radius 2 is 0.722 bits per heavy atom. The van der Waals surface area contributed by atoms with Crippen molar-refractivity contribution in [3.05, 3.63) is 306 Å². The van der Waals surface area contributed by atoms with Crippen LogP contribution in [0.5, 0.6) is 0 Å². The summed E-state index contributed by atoms with van der Waals surface area (Å²) in [5.41, 5.74) is 21.0. The van der Waals surface area contributed by atoms with Crippen molar-refractivity contribution in [3.8, 4) is 44.5 Å². The molecule has 0 radical (unpaired) electrons. The van der Waals surface area contributed by atoms with Gasteiger partial charge in [-0.25, -0.2) is 0 Å². The van der Waals surface area contributed by atoms with Crippen LogP contribution in [-0.4, -0.2) is 8.07 Å². The first-order valence-electron chi connectivity index (χ1n) is 25.3. The summed E-state index contributed by atoms with van der Waals surface area (Å²) in [6, 6.07) is 103. The van der Waals surface area contributed by atoms with Gasteiger partial charge in [0.2, 0.25) is 0 Å². The van der Waals surface area contributed by atoms with Crippen molar-refractivity contribution in [2.45, 2.75) is 24.7 Å². The average molecular weight is 934 g/mol. The Bertz CT molecular complexity index is 3820. The Labute approximate surface area is 424 Å². The van der Waals surface area contributed by atoms with Gasteiger partial charge in [0.15, 0.2) is 8.07 Å². The van der Waals surface area contributed by atoms with Crippen molar-refractivity contribution in [1.29, 1.82) is 0 Å². The molecule has 3 aliphatic rings. The highest BCUT2D eigenvalue weighted by molar-refractivity contribution is 7.22. The van der Waals surface area contributed by atoms with Crippen molar-refractivity contribution in [2.24, 2.45) is 0 Å². The van der Waals surface area contributed by atoms with Gasteiger partial charge in [-0.3, -0.25) is 0 Å². The maximum atomic E-state index is 2.49. The largest absolute Gasteiger partial charge is 0.310 e. The van der Waals surface area contributed by atoms with Crippen LogP contribution >= 0.6 is 0 Å². The second-order valence-corrected chi connectivity index (χ2v) is 23.9. The Morgan fingerprint density at radius 1 is 0.278 bits per heavy atom. The summed E-state index contributed by atoms with van der Waals surface area (Å²) in [7, 11) is -2.65. The molecule has 1 aliphatic heterocycles. The van der Waals surface area contributed by atoms with Gasteiger partial charge in [-0.2, -0.15) is 0 Å². The normalized spacial score (nSPS) is 15.9. The third-order valence-electron chi connectivity index (χ3n) is 16.7. The van der Waals surface area contributed by atoms with E-state index in [9.17, 15) is 0 Å². The number of anilines is 3. The minimum Gasteiger partial charge on any atom is -0.310 e. The number of hydrogen-bond donors (Lipinski definition) is 0. The van der Waals surface area contributed by atoms with Crippen LogP contribution in [0.15, 0.2) is 273 Å². The molecule has 0 fully saturated rings. The van der Waals surface area contributed by atoms with E-state index in [4.69, 9.17) is 0 Å². The number of benzene rings is 11. The number of nitrogens with zero attached hydrogens (tertiary/aromatic N) is 1. The van der Waals surface area contributed by atoms with E-state index in [-0.39, 0.29) is 10.8 Å². The highest BCUT2D eigenvalue weighted by atomic mass is 28.3. The highest BCUT2D eigenvalue weighted by Gasteiger charge is 2.49. The van der Waals surface area contributed by atoms with Crippen molar-refractivity contribution in [3.63, 3.8) is 0 Å². The maximum Gasteiger partial charge on any atom is 0.180 e. The number of fused-ring (bicyclic) bond motifs is 9. The van der Waals surface area contributed by atoms with E-state index in [2.05, 4.69) is 292 Å². The Hall–Kier alpha value is -8.56. The van der Waals surface area contributed by atoms with Gasteiger partial charge in [-0.05, 0) is 149 Å². The molecule has 0 bridgehead atoms. The van der Waals surface area contributed by atoms with Gasteiger partial charge in [0, 0.05) is 27.9 Å². The first-order chi connectivity index (χ1) is 35.5. The molecule has 0 amide bonds. The molecule has 0 aromatic heterocycles. The molecular weight excluding hydrogens is 883 g/mol. The van der Waals surface area contributed by atoms with E-state index in [1.54, 1.807) is 0 Å². The van der Waals surface area contributed by atoms with Crippen LogP contribution in [0.2, 0.25) is 0 Å². The molecule has 0 spiro atoms. The van der Waals surface area contributed by atoms with Gasteiger partial charge in [0.25, 0.3) is 0 Å². The fourth-order valence-corrected chi connectivity index (χ4v) is 18.5. The van der Waals surface area contributed by atoms with Crippen LogP contribution in [0.3, 0.4) is 0 Å². The minimum atomic E-state index is -2.65. The van der Waals surface area contributed by atoms with Gasteiger partial charge in [-0.1, -0.05) is 237 Å². The van der Waals surface area contributed by atoms with Crippen LogP contribution in [0.1, 0.15) is 47.2 Å². The lowest BCUT2D eigenvalue weighted by atomic mass is 9.74. The zero-order valence-electron chi connectivity index (χ0n) is 40.4. The molecule has 1 atom stereocenters. The van der Waals surface area contributed by atoms with E-state index < -0.39 is 8.07 Å². The second-order valence-electron chi connectivity index (χ2n) is 20.2. The van der Waals surface area contributed by atoms with Gasteiger partial charge >= 0.3 is 0 Å². The summed E-state index contributed by atoms with van der Waals surface area (Å²) in [6.45, 7) is 4.82. The molecule has 1 nitrogen and oxygen atoms in total. The van der Waals surface area contributed by atoms with Crippen LogP contribution in [-0.2, 0) is 10.8 Å². The predicted molar refractivity (Wildman–Crippen MR) is 304 cm³/mol. The molecular formula is C70H51NSi. The maximum absolute atomic E-state index is 2.65. The van der Waals surface area contributed by atoms with E-state index in [1.807, 2.05) is 0 Å². The number of hydrogen-bond acceptors (Lipinski definition) is 1. The molecule has 0 saturated heterocycles. The summed E-state index contributed by atoms with van der Waals surface area (Å²) >= 11 is 0. The zero-order valence-corrected chi connectivity index (χ0v) is 41.4. The molecule has 1 unspecified atom stereocenters. The van der Waals surface area contributed by atoms with E-state index in [0.717, 1.165) is 17.1 Å². The summed E-state index contributed by atoms with van der Waals surface area (Å²) in [5, 5.41) is 5.73. The first kappa shape index (κ1) is 42.3. The Morgan fingerprint density at radius 3 is 1.33 bits per heavy atom. The minimum absolute atomic E-state index is 0.336. The van der Waals surface area contributed by atoms with Crippen LogP contribution in [0.25, 0.3) is 44.5 Å². The van der Waals surface area contributed by atoms with Crippen LogP contribution in [0.4, 0.5) is 17.1 Å². The molecule has 340 valence electrons. The summed E-state index contributed by atoms with van der Waals surface area (Å²) < 4.78 is 0. The van der Waals surface area contributed by atoms with E-state index in [0.29, 0.717) is 0 Å². The Balaban J connectivity index is 0.929. The van der Waals surface area contributed by atoms with Gasteiger partial charge in [0.05, 0.1) is 0 Å². The molecule has 72 heavy (non-hydrogen) atoms. The molecule has 14 rings (SSSR count). The van der Waals surface area contributed by atoms with Crippen LogP contribution in [0, 0.1) is 0 Å². The smallest absolute Gasteiger partial charge is 0.180 e. The summed E-state index contributed by atoms with van der Waals surface area (Å²) in [6.07, 6.45) is 0. The van der Waals surface area contributed by atoms with Crippen molar-refractivity contribution >= 4 is 45.9 Å². The van der Waals surface area contributed by atoms with Gasteiger partial charge in [0.1, 0.15) is 0 Å². The summed E-state index contributed by atoms with van der Waals surface area (Å²) in [4.78, 5) is 2.48. The SMILES string of the molecule is CC1(c2cccc(N(c3ccc(-c4cccc([Si]5(c6ccccc6)c6ccccc6-c6ccccc65)c4)cc3)c3ccc4c(c3)C(C)(c3ccccc3)c3ccccc3-4)c2)c2ccccc2-c2ccccc21. The van der Waals surface area contributed by atoms with Crippen LogP contribution < -0.4 is 25.6 Å². The van der Waals surface area contributed by atoms with E-state index >= 15 is 0 Å². The molecule has 11 aromatic rings. The van der Waals surface area contributed by atoms with Crippen molar-refractivity contribution in [1.82, 2.24) is 0 Å². The average Bonchev–Trinajstić information content (AvgIpc) is 4.02. The monoisotopic (exact) mass is 933 g/mol. The van der Waals surface area contributed by atoms with Gasteiger partial charge < -0.3 is 4.90 Å². The first-order valence-corrected chi connectivity index (χ1v) is 27.3. The highest BCUT2D eigenvalue weighted by Crippen LogP contribution is 2.55. The lowest BCUT2D eigenvalue weighted by Gasteiger charge is -2.32. The van der Waals surface area contributed by atoms with Crippen molar-refractivity contribution in [2.75, 3.05) is 4.90 Å². The molecule has 0 N–H and O–H groups in total. The molecule has 2 aliphatic carbocycles. The fourth-order valence-electron chi connectivity index (χ4n) is 13.3. The molecule has 0 saturated carbocycles.